The van der Waals surface area contributed by atoms with Gasteiger partial charge in [-0.1, -0.05) is 0 Å². The van der Waals surface area contributed by atoms with Crippen LogP contribution < -0.4 is 17.1 Å². The molecule has 0 aromatic heterocycles. The van der Waals surface area contributed by atoms with Crippen LogP contribution in [0.1, 0.15) is 22.3 Å². The molecular weight excluding hydrogens is 394 g/mol. The standard InChI is InChI=1S/C19H25N5O6/c1-7-8(2)10(4)15-13(9(7)3)21-14-17(22-19(30)24(20)18(14)29)23(15)5-11(26)16(28)12(27)6-25/h11-12,16,25-28H,5-6,20H2,1-4H3. The summed E-state index contributed by atoms with van der Waals surface area (Å²) >= 11 is 0. The Morgan fingerprint density at radius 3 is 2.13 bits per heavy atom. The monoisotopic (exact) mass is 419 g/mol. The van der Waals surface area contributed by atoms with E-state index in [1.807, 2.05) is 27.7 Å². The molecule has 1 aromatic carbocycles. The summed E-state index contributed by atoms with van der Waals surface area (Å²) in [6, 6.07) is 0. The Hall–Kier alpha value is -2.86. The van der Waals surface area contributed by atoms with Gasteiger partial charge in [-0.25, -0.2) is 9.78 Å². The molecule has 2 aliphatic rings. The van der Waals surface area contributed by atoms with Gasteiger partial charge in [-0.05, 0) is 49.9 Å². The van der Waals surface area contributed by atoms with Gasteiger partial charge in [-0.2, -0.15) is 9.66 Å². The lowest BCUT2D eigenvalue weighted by molar-refractivity contribution is -0.0802. The zero-order valence-electron chi connectivity index (χ0n) is 17.1. The number of hydrogen-bond donors (Lipinski definition) is 5. The lowest BCUT2D eigenvalue weighted by atomic mass is 9.96. The second-order valence-electron chi connectivity index (χ2n) is 7.47. The van der Waals surface area contributed by atoms with Crippen molar-refractivity contribution in [1.29, 1.82) is 0 Å². The second kappa shape index (κ2) is 7.76. The summed E-state index contributed by atoms with van der Waals surface area (Å²) in [4.78, 5) is 33.0. The Labute approximate surface area is 171 Å². The van der Waals surface area contributed by atoms with Gasteiger partial charge in [-0.15, -0.1) is 0 Å². The van der Waals surface area contributed by atoms with Crippen LogP contribution in [0.15, 0.2) is 9.59 Å². The van der Waals surface area contributed by atoms with E-state index in [1.54, 1.807) is 0 Å². The summed E-state index contributed by atoms with van der Waals surface area (Å²) in [6.07, 6.45) is -4.78. The number of hydrogen-bond acceptors (Lipinski definition) is 9. The molecule has 0 fully saturated rings. The van der Waals surface area contributed by atoms with E-state index >= 15 is 0 Å². The molecule has 162 valence electrons. The molecule has 1 aromatic rings. The van der Waals surface area contributed by atoms with Crippen molar-refractivity contribution in [3.63, 3.8) is 0 Å². The van der Waals surface area contributed by atoms with Crippen LogP contribution in [-0.4, -0.2) is 64.6 Å². The highest BCUT2D eigenvalue weighted by atomic mass is 16.4. The van der Waals surface area contributed by atoms with E-state index in [-0.39, 0.29) is 18.1 Å². The topological polar surface area (TPSA) is 177 Å². The van der Waals surface area contributed by atoms with Gasteiger partial charge in [0.2, 0.25) is 0 Å². The zero-order chi connectivity index (χ0) is 22.5. The first-order valence-electron chi connectivity index (χ1n) is 9.35. The number of nitrogens with zero attached hydrogens (tertiary/aromatic N) is 4. The van der Waals surface area contributed by atoms with Crippen LogP contribution in [0.2, 0.25) is 0 Å². The summed E-state index contributed by atoms with van der Waals surface area (Å²) < 4.78 is 1.78. The number of aliphatic hydroxyl groups is 4. The predicted molar refractivity (Wildman–Crippen MR) is 109 cm³/mol. The molecule has 0 aliphatic carbocycles. The van der Waals surface area contributed by atoms with Crippen molar-refractivity contribution in [1.82, 2.24) is 19.2 Å². The molecule has 3 unspecified atom stereocenters. The number of aromatic nitrogens is 4. The maximum Gasteiger partial charge on any atom is 0.371 e. The number of rotatable bonds is 5. The number of nitrogen functional groups attached to an aromatic ring is 1. The minimum atomic E-state index is -1.67. The maximum absolute atomic E-state index is 12.6. The molecule has 11 nitrogen and oxygen atoms in total. The summed E-state index contributed by atoms with van der Waals surface area (Å²) in [5.41, 5.74) is 2.48. The van der Waals surface area contributed by atoms with E-state index < -0.39 is 36.2 Å². The quantitative estimate of drug-likeness (QED) is 0.233. The number of aliphatic hydroxyl groups excluding tert-OH is 4. The summed E-state index contributed by atoms with van der Waals surface area (Å²) in [7, 11) is 0. The minimum absolute atomic E-state index is 0.102. The molecule has 0 saturated heterocycles. The van der Waals surface area contributed by atoms with Crippen molar-refractivity contribution >= 4 is 11.0 Å². The molecule has 2 aliphatic heterocycles. The fourth-order valence-electron chi connectivity index (χ4n) is 3.57. The average Bonchev–Trinajstić information content (AvgIpc) is 2.73. The largest absolute Gasteiger partial charge is 0.394 e. The molecule has 11 heteroatoms. The van der Waals surface area contributed by atoms with Crippen LogP contribution in [-0.2, 0) is 6.54 Å². The molecule has 6 N–H and O–H groups in total. The Bertz CT molecular complexity index is 1220. The van der Waals surface area contributed by atoms with E-state index in [9.17, 15) is 24.9 Å². The molecule has 3 rings (SSSR count). The first-order chi connectivity index (χ1) is 14.0. The highest BCUT2D eigenvalue weighted by molar-refractivity contribution is 5.87. The Morgan fingerprint density at radius 2 is 1.53 bits per heavy atom. The molecule has 0 amide bonds. The van der Waals surface area contributed by atoms with Crippen molar-refractivity contribution < 1.29 is 20.4 Å². The SMILES string of the molecule is Cc1c(C)c(C)c2c(nc3c(=O)n(N)c(=O)nc-3n2CC(O)C(O)C(O)CO)c1C. The van der Waals surface area contributed by atoms with Crippen LogP contribution in [0.3, 0.4) is 0 Å². The van der Waals surface area contributed by atoms with Crippen molar-refractivity contribution in [2.45, 2.75) is 52.6 Å². The van der Waals surface area contributed by atoms with E-state index in [2.05, 4.69) is 9.97 Å². The van der Waals surface area contributed by atoms with Gasteiger partial charge >= 0.3 is 11.2 Å². The number of nitrogens with two attached hydrogens (primary N) is 1. The average molecular weight is 419 g/mol. The van der Waals surface area contributed by atoms with Crippen LogP contribution in [0.25, 0.3) is 22.6 Å². The summed E-state index contributed by atoms with van der Waals surface area (Å²) in [5, 5.41) is 39.4. The molecule has 0 spiro atoms. The van der Waals surface area contributed by atoms with Crippen molar-refractivity contribution in [2.75, 3.05) is 12.4 Å². The van der Waals surface area contributed by atoms with Gasteiger partial charge in [0.05, 0.1) is 24.2 Å². The number of aryl methyl sites for hydroxylation is 2. The second-order valence-corrected chi connectivity index (χ2v) is 7.47. The molecule has 2 heterocycles. The minimum Gasteiger partial charge on any atom is -0.394 e. The number of benzene rings is 1. The van der Waals surface area contributed by atoms with Crippen molar-refractivity contribution in [3.05, 3.63) is 43.1 Å². The van der Waals surface area contributed by atoms with Crippen molar-refractivity contribution in [2.24, 2.45) is 0 Å². The Kier molecular flexibility index (Phi) is 5.65. The van der Waals surface area contributed by atoms with E-state index in [0.717, 1.165) is 22.3 Å². The first kappa shape index (κ1) is 21.8. The van der Waals surface area contributed by atoms with Gasteiger partial charge < -0.3 is 30.8 Å². The van der Waals surface area contributed by atoms with Crippen molar-refractivity contribution in [3.8, 4) is 11.5 Å². The van der Waals surface area contributed by atoms with Gasteiger partial charge in [-0.3, -0.25) is 4.79 Å². The third-order valence-electron chi connectivity index (χ3n) is 5.76. The molecule has 0 bridgehead atoms. The van der Waals surface area contributed by atoms with E-state index in [4.69, 9.17) is 10.9 Å². The van der Waals surface area contributed by atoms with Crippen LogP contribution in [0.4, 0.5) is 0 Å². The zero-order valence-corrected chi connectivity index (χ0v) is 17.1. The third-order valence-corrected chi connectivity index (χ3v) is 5.76. The van der Waals surface area contributed by atoms with E-state index in [0.29, 0.717) is 15.7 Å². The summed E-state index contributed by atoms with van der Waals surface area (Å²) in [5.74, 6) is 5.40. The highest BCUT2D eigenvalue weighted by Gasteiger charge is 2.29. The van der Waals surface area contributed by atoms with Crippen LogP contribution in [0.5, 0.6) is 0 Å². The molecule has 0 saturated carbocycles. The van der Waals surface area contributed by atoms with Gasteiger partial charge in [0, 0.05) is 0 Å². The maximum atomic E-state index is 12.6. The van der Waals surface area contributed by atoms with Gasteiger partial charge in [0.15, 0.2) is 11.5 Å². The normalized spacial score (nSPS) is 14.9. The van der Waals surface area contributed by atoms with Gasteiger partial charge in [0.25, 0.3) is 0 Å². The first-order valence-corrected chi connectivity index (χ1v) is 9.35. The smallest absolute Gasteiger partial charge is 0.371 e. The lowest BCUT2D eigenvalue weighted by Gasteiger charge is -2.26. The lowest BCUT2D eigenvalue weighted by Crippen LogP contribution is -2.45. The third kappa shape index (κ3) is 3.25. The van der Waals surface area contributed by atoms with E-state index in [1.165, 1.54) is 4.57 Å². The molecular formula is C19H25N5O6. The fraction of sp³-hybridized carbons (Fsp3) is 0.474. The van der Waals surface area contributed by atoms with Crippen LogP contribution in [0, 0.1) is 27.7 Å². The molecule has 0 radical (unpaired) electrons. The molecule has 3 atom stereocenters. The predicted octanol–water partition coefficient (Wildman–Crippen LogP) is -1.92. The Balaban J connectivity index is 2.45. The van der Waals surface area contributed by atoms with Crippen LogP contribution >= 0.6 is 0 Å². The van der Waals surface area contributed by atoms with Gasteiger partial charge in [0.1, 0.15) is 18.3 Å². The Morgan fingerprint density at radius 1 is 0.933 bits per heavy atom. The molecule has 30 heavy (non-hydrogen) atoms. The fourth-order valence-corrected chi connectivity index (χ4v) is 3.57. The number of fused-ring (bicyclic) bond motifs is 2. The highest BCUT2D eigenvalue weighted by Crippen LogP contribution is 2.31. The summed E-state index contributed by atoms with van der Waals surface area (Å²) in [6.45, 7) is 6.43.